The lowest BCUT2D eigenvalue weighted by molar-refractivity contribution is 0.0972. The Balaban J connectivity index is 1.69. The predicted molar refractivity (Wildman–Crippen MR) is 126 cm³/mol. The van der Waals surface area contributed by atoms with Crippen molar-refractivity contribution in [2.24, 2.45) is 0 Å². The number of aryl methyl sites for hydroxylation is 1. The van der Waals surface area contributed by atoms with Crippen molar-refractivity contribution in [2.45, 2.75) is 25.9 Å². The minimum absolute atomic E-state index is 0.0827. The van der Waals surface area contributed by atoms with Gasteiger partial charge >= 0.3 is 0 Å². The molecule has 4 aromatic rings. The summed E-state index contributed by atoms with van der Waals surface area (Å²) in [6.07, 6.45) is 1.49. The first-order valence-corrected chi connectivity index (χ1v) is 11.0. The van der Waals surface area contributed by atoms with Crippen molar-refractivity contribution in [1.82, 2.24) is 9.38 Å². The molecule has 2 aromatic heterocycles. The molecule has 35 heavy (non-hydrogen) atoms. The number of Topliss-reactive ketones (excluding diaryl/α,β-unsaturated/α-hetero) is 1. The maximum Gasteiger partial charge on any atom is 0.183 e. The first-order chi connectivity index (χ1) is 16.8. The summed E-state index contributed by atoms with van der Waals surface area (Å²) in [5.74, 6) is -1.93. The van der Waals surface area contributed by atoms with Crippen molar-refractivity contribution in [3.05, 3.63) is 93.9 Å². The van der Waals surface area contributed by atoms with Crippen molar-refractivity contribution < 1.29 is 23.0 Å². The van der Waals surface area contributed by atoms with E-state index in [2.05, 4.69) is 11.1 Å². The van der Waals surface area contributed by atoms with Crippen LogP contribution in [0.25, 0.3) is 5.65 Å². The van der Waals surface area contributed by atoms with Gasteiger partial charge in [-0.05, 0) is 36.8 Å². The third-order valence-corrected chi connectivity index (χ3v) is 5.84. The lowest BCUT2D eigenvalue weighted by Gasteiger charge is -2.12. The van der Waals surface area contributed by atoms with Crippen LogP contribution in [0.4, 0.5) is 8.78 Å². The average molecular weight is 496 g/mol. The number of ketones is 1. The molecule has 0 bridgehead atoms. The number of carbonyl (C=O) groups is 1. The Kier molecular flexibility index (Phi) is 6.99. The van der Waals surface area contributed by atoms with Gasteiger partial charge in [-0.15, -0.1) is 0 Å². The van der Waals surface area contributed by atoms with Crippen molar-refractivity contribution in [3.63, 3.8) is 0 Å². The van der Waals surface area contributed by atoms with Crippen molar-refractivity contribution in [3.8, 4) is 17.6 Å². The van der Waals surface area contributed by atoms with Gasteiger partial charge in [-0.3, -0.25) is 9.20 Å². The number of imidazole rings is 1. The number of benzene rings is 2. The molecule has 0 fully saturated rings. The average Bonchev–Trinajstić information content (AvgIpc) is 3.18. The molecule has 0 N–H and O–H groups in total. The number of ether oxygens (including phenoxy) is 2. The molecule has 0 saturated heterocycles. The molecule has 6 nitrogen and oxygen atoms in total. The summed E-state index contributed by atoms with van der Waals surface area (Å²) in [5.41, 5.74) is 1.40. The summed E-state index contributed by atoms with van der Waals surface area (Å²) in [5, 5.41) is 10.2. The molecule has 178 valence electrons. The SMILES string of the molecule is COc1cc(OCc2c(F)cccc2F)c2nc(C)c(C(=O)CC(C#N)c3ccc(Cl)cc3)n2c1. The summed E-state index contributed by atoms with van der Waals surface area (Å²) < 4.78 is 40.7. The van der Waals surface area contributed by atoms with E-state index in [1.807, 2.05) is 0 Å². The number of nitriles is 1. The Morgan fingerprint density at radius 3 is 2.51 bits per heavy atom. The van der Waals surface area contributed by atoms with Crippen LogP contribution in [0.15, 0.2) is 54.7 Å². The number of fused-ring (bicyclic) bond motifs is 1. The molecule has 0 aliphatic heterocycles. The molecular weight excluding hydrogens is 476 g/mol. The molecule has 0 aliphatic carbocycles. The number of hydrogen-bond acceptors (Lipinski definition) is 5. The number of carbonyl (C=O) groups excluding carboxylic acids is 1. The van der Waals surface area contributed by atoms with E-state index in [0.29, 0.717) is 22.0 Å². The van der Waals surface area contributed by atoms with E-state index >= 15 is 0 Å². The van der Waals surface area contributed by atoms with E-state index in [4.69, 9.17) is 21.1 Å². The second-order valence-electron chi connectivity index (χ2n) is 7.83. The molecule has 2 heterocycles. The second-order valence-corrected chi connectivity index (χ2v) is 8.27. The summed E-state index contributed by atoms with van der Waals surface area (Å²) in [6, 6.07) is 14.0. The zero-order valence-corrected chi connectivity index (χ0v) is 19.6. The number of pyridine rings is 1. The number of halogens is 3. The zero-order chi connectivity index (χ0) is 25.1. The number of methoxy groups -OCH3 is 1. The Bertz CT molecular complexity index is 1420. The maximum atomic E-state index is 14.1. The van der Waals surface area contributed by atoms with Crippen molar-refractivity contribution in [2.75, 3.05) is 7.11 Å². The molecule has 1 atom stereocenters. The van der Waals surface area contributed by atoms with Gasteiger partial charge in [0.15, 0.2) is 17.2 Å². The Hall–Kier alpha value is -3.96. The number of nitrogens with zero attached hydrogens (tertiary/aromatic N) is 3. The van der Waals surface area contributed by atoms with E-state index in [0.717, 1.165) is 12.1 Å². The van der Waals surface area contributed by atoms with Crippen LogP contribution in [-0.4, -0.2) is 22.3 Å². The van der Waals surface area contributed by atoms with Gasteiger partial charge in [0.25, 0.3) is 0 Å². The first-order valence-electron chi connectivity index (χ1n) is 10.6. The minimum atomic E-state index is -0.732. The van der Waals surface area contributed by atoms with Crippen LogP contribution in [0, 0.1) is 29.9 Å². The molecule has 0 spiro atoms. The van der Waals surface area contributed by atoms with Gasteiger partial charge in [0.2, 0.25) is 0 Å². The normalized spacial score (nSPS) is 11.8. The van der Waals surface area contributed by atoms with Crippen LogP contribution in [0.1, 0.15) is 39.6 Å². The lowest BCUT2D eigenvalue weighted by atomic mass is 9.94. The van der Waals surface area contributed by atoms with Gasteiger partial charge in [-0.25, -0.2) is 13.8 Å². The molecule has 0 saturated carbocycles. The minimum Gasteiger partial charge on any atom is -0.495 e. The summed E-state index contributed by atoms with van der Waals surface area (Å²) in [7, 11) is 1.44. The van der Waals surface area contributed by atoms with Gasteiger partial charge in [-0.2, -0.15) is 5.26 Å². The van der Waals surface area contributed by atoms with Crippen LogP contribution in [-0.2, 0) is 6.61 Å². The summed E-state index contributed by atoms with van der Waals surface area (Å²) >= 11 is 5.93. The van der Waals surface area contributed by atoms with E-state index < -0.39 is 17.6 Å². The van der Waals surface area contributed by atoms with E-state index in [-0.39, 0.29) is 41.5 Å². The maximum absolute atomic E-state index is 14.1. The van der Waals surface area contributed by atoms with Gasteiger partial charge < -0.3 is 9.47 Å². The molecule has 0 aliphatic rings. The van der Waals surface area contributed by atoms with Crippen LogP contribution < -0.4 is 9.47 Å². The smallest absolute Gasteiger partial charge is 0.183 e. The topological polar surface area (TPSA) is 76.6 Å². The van der Waals surface area contributed by atoms with Gasteiger partial charge in [0.05, 0.1) is 36.6 Å². The largest absolute Gasteiger partial charge is 0.495 e. The Labute approximate surface area is 205 Å². The first kappa shape index (κ1) is 24.2. The van der Waals surface area contributed by atoms with Crippen molar-refractivity contribution in [1.29, 1.82) is 5.26 Å². The molecule has 0 amide bonds. The standard InChI is InChI=1S/C26H20ClF2N3O3/c1-15-25(23(33)10-17(12-30)16-6-8-18(27)9-7-16)32-13-19(34-2)11-24(26(32)31-15)35-14-20-21(28)4-3-5-22(20)29/h3-9,11,13,17H,10,14H2,1-2H3. The van der Waals surface area contributed by atoms with E-state index in [9.17, 15) is 18.8 Å². The zero-order valence-electron chi connectivity index (χ0n) is 18.9. The molecule has 1 unspecified atom stereocenters. The molecule has 2 aromatic carbocycles. The third kappa shape index (κ3) is 4.96. The highest BCUT2D eigenvalue weighted by Crippen LogP contribution is 2.31. The highest BCUT2D eigenvalue weighted by atomic mass is 35.5. The number of aromatic nitrogens is 2. The Morgan fingerprint density at radius 2 is 1.89 bits per heavy atom. The quantitative estimate of drug-likeness (QED) is 0.278. The van der Waals surface area contributed by atoms with Gasteiger partial charge in [0.1, 0.15) is 29.7 Å². The van der Waals surface area contributed by atoms with Crippen LogP contribution in [0.2, 0.25) is 5.02 Å². The Morgan fingerprint density at radius 1 is 1.20 bits per heavy atom. The predicted octanol–water partition coefficient (Wildman–Crippen LogP) is 6.04. The fourth-order valence-corrected chi connectivity index (χ4v) is 3.92. The monoisotopic (exact) mass is 495 g/mol. The van der Waals surface area contributed by atoms with E-state index in [1.165, 1.54) is 23.6 Å². The molecular formula is C26H20ClF2N3O3. The third-order valence-electron chi connectivity index (χ3n) is 5.59. The summed E-state index contributed by atoms with van der Waals surface area (Å²) in [6.45, 7) is 1.28. The highest BCUT2D eigenvalue weighted by Gasteiger charge is 2.24. The molecule has 4 rings (SSSR count). The number of rotatable bonds is 8. The van der Waals surface area contributed by atoms with Crippen molar-refractivity contribution >= 4 is 23.0 Å². The number of hydrogen-bond donors (Lipinski definition) is 0. The van der Waals surface area contributed by atoms with Crippen LogP contribution in [0.3, 0.4) is 0 Å². The fourth-order valence-electron chi connectivity index (χ4n) is 3.79. The molecule has 0 radical (unpaired) electrons. The van der Waals surface area contributed by atoms with Gasteiger partial charge in [-0.1, -0.05) is 29.8 Å². The van der Waals surface area contributed by atoms with Crippen LogP contribution in [0.5, 0.6) is 11.5 Å². The second kappa shape index (κ2) is 10.1. The lowest BCUT2D eigenvalue weighted by Crippen LogP contribution is -2.11. The summed E-state index contributed by atoms with van der Waals surface area (Å²) in [4.78, 5) is 17.8. The van der Waals surface area contributed by atoms with Gasteiger partial charge in [0, 0.05) is 17.5 Å². The molecule has 9 heteroatoms. The van der Waals surface area contributed by atoms with Crippen LogP contribution >= 0.6 is 11.6 Å². The van der Waals surface area contributed by atoms with E-state index in [1.54, 1.807) is 37.4 Å². The highest BCUT2D eigenvalue weighted by molar-refractivity contribution is 6.30. The fraction of sp³-hybridized carbons (Fsp3) is 0.192.